The van der Waals surface area contributed by atoms with Crippen LogP contribution < -0.4 is 28.4 Å². The maximum atomic E-state index is 12.1. The van der Waals surface area contributed by atoms with Crippen molar-refractivity contribution in [3.05, 3.63) is 381 Å². The topological polar surface area (TPSA) is 213 Å². The zero-order chi connectivity index (χ0) is 99.4. The van der Waals surface area contributed by atoms with Gasteiger partial charge in [-0.15, -0.1) is 0 Å². The normalized spacial score (nSPS) is 11.0. The molecular formula is C115H130BrClO18. The fourth-order valence-corrected chi connectivity index (χ4v) is 15.8. The Morgan fingerprint density at radius 1 is 0.259 bits per heavy atom. The Morgan fingerprint density at radius 2 is 0.481 bits per heavy atom. The van der Waals surface area contributed by atoms with Crippen LogP contribution in [0.25, 0.3) is 0 Å². The van der Waals surface area contributed by atoms with Crippen molar-refractivity contribution < 1.29 is 85.6 Å². The summed E-state index contributed by atoms with van der Waals surface area (Å²) in [5.41, 5.74) is 33.7. The van der Waals surface area contributed by atoms with E-state index in [9.17, 15) is 28.8 Å². The van der Waals surface area contributed by atoms with Crippen molar-refractivity contribution in [1.82, 2.24) is 0 Å². The SMILES string of the molecule is CCc1cccc(C(=O)OC)c1COc1cc(C)c(C)cc1C.COC(=O)c1cccc(Br)c1COc1cc(C)c(C)cc1C.COC(=O)c1cccc(C)c1COc1cc(C)c(C)cc1C.COC(=O)c1cccc(C)c1COc1cc(C)c(C)cc1C.COC(=O)c1cccc(C2CC2)c1COc1cc(C)c(C)cc1C.COC(=O)c1cccc(Cl)c1COc1cc(C)c(C)cc1C. The summed E-state index contributed by atoms with van der Waals surface area (Å²) in [6.07, 6.45) is 3.20. The van der Waals surface area contributed by atoms with Crippen molar-refractivity contribution >= 4 is 63.3 Å². The zero-order valence-electron chi connectivity index (χ0n) is 83.4. The second kappa shape index (κ2) is 50.9. The van der Waals surface area contributed by atoms with Crippen molar-refractivity contribution in [2.24, 2.45) is 0 Å². The molecule has 1 saturated carbocycles. The van der Waals surface area contributed by atoms with Crippen LogP contribution in [-0.4, -0.2) is 78.5 Å². The van der Waals surface area contributed by atoms with Crippen LogP contribution in [0.3, 0.4) is 0 Å². The second-order valence-electron chi connectivity index (χ2n) is 34.1. The van der Waals surface area contributed by atoms with Crippen LogP contribution in [0.15, 0.2) is 186 Å². The van der Waals surface area contributed by atoms with E-state index in [-0.39, 0.29) is 36.5 Å². The highest BCUT2D eigenvalue weighted by Crippen LogP contribution is 2.43. The molecule has 12 aromatic carbocycles. The van der Waals surface area contributed by atoms with Gasteiger partial charge in [-0.3, -0.25) is 0 Å². The molecule has 18 nitrogen and oxygen atoms in total. The molecule has 0 aliphatic heterocycles. The molecule has 0 amide bonds. The smallest absolute Gasteiger partial charge is 0.338 e. The van der Waals surface area contributed by atoms with Gasteiger partial charge in [0.05, 0.1) is 76.0 Å². The summed E-state index contributed by atoms with van der Waals surface area (Å²) >= 11 is 9.68. The van der Waals surface area contributed by atoms with Gasteiger partial charge < -0.3 is 56.8 Å². The van der Waals surface area contributed by atoms with Crippen molar-refractivity contribution in [1.29, 1.82) is 0 Å². The average Bonchev–Trinajstić information content (AvgIpc) is 1.65. The van der Waals surface area contributed by atoms with Gasteiger partial charge in [0.2, 0.25) is 0 Å². The molecule has 0 radical (unpaired) electrons. The van der Waals surface area contributed by atoms with Crippen LogP contribution in [0.2, 0.25) is 5.02 Å². The third-order valence-electron chi connectivity index (χ3n) is 24.4. The molecule has 0 heterocycles. The van der Waals surface area contributed by atoms with Gasteiger partial charge in [0.1, 0.15) is 74.1 Å². The fourth-order valence-electron chi connectivity index (χ4n) is 15.1. The Kier molecular flexibility index (Phi) is 40.5. The van der Waals surface area contributed by atoms with Gasteiger partial charge in [0, 0.05) is 42.9 Å². The van der Waals surface area contributed by atoms with Gasteiger partial charge >= 0.3 is 35.8 Å². The van der Waals surface area contributed by atoms with Gasteiger partial charge in [-0.2, -0.15) is 0 Å². The molecule has 1 fully saturated rings. The molecule has 0 atom stereocenters. The third kappa shape index (κ3) is 29.3. The van der Waals surface area contributed by atoms with Gasteiger partial charge in [-0.05, 0) is 371 Å². The van der Waals surface area contributed by atoms with E-state index in [4.69, 9.17) is 68.4 Å². The van der Waals surface area contributed by atoms with Crippen molar-refractivity contribution in [2.45, 2.75) is 210 Å². The Balaban J connectivity index is 0.000000199. The highest BCUT2D eigenvalue weighted by Gasteiger charge is 2.30. The quantitative estimate of drug-likeness (QED) is 0.0364. The van der Waals surface area contributed by atoms with Crippen LogP contribution >= 0.6 is 27.5 Å². The van der Waals surface area contributed by atoms with Crippen LogP contribution in [0.4, 0.5) is 0 Å². The van der Waals surface area contributed by atoms with Gasteiger partial charge in [0.15, 0.2) is 0 Å². The molecular weight excluding hydrogens is 1780 g/mol. The highest BCUT2D eigenvalue weighted by molar-refractivity contribution is 9.10. The minimum Gasteiger partial charge on any atom is -0.489 e. The standard InChI is InChI=1S/C21H24O3.C20H24O3.2C19H22O3.C18H19BrO3.C18H19ClO3/c1-13-10-15(3)20(11-14(13)2)24-12-19-17(16-8-9-16)6-5-7-18(19)21(22)23-4;1-6-16-8-7-9-17(20(21)22-5)18(16)12-23-19-11-14(3)13(2)10-15(19)4;2*1-12-7-6-8-16(19(20)21-5)17(12)11-22-18-10-14(3)13(2)9-15(18)4;2*1-11-8-13(3)17(9-12(11)2)22-10-15-14(18(20)21-4)6-5-7-16(15)19/h5-7,10-11,16H,8-9,12H2,1-4H3;7-11H,6,12H2,1-5H3;2*6-10H,11H2,1-5H3;2*5-9H,10H2,1-4H3. The molecule has 1 aliphatic rings. The number of esters is 6. The first-order valence-electron chi connectivity index (χ1n) is 44.9. The minimum atomic E-state index is -0.419. The molecule has 0 bridgehead atoms. The fraction of sp³-hybridized carbons (Fsp3) is 0.322. The second-order valence-corrected chi connectivity index (χ2v) is 35.3. The molecule has 0 unspecified atom stereocenters. The van der Waals surface area contributed by atoms with E-state index in [0.29, 0.717) is 82.9 Å². The van der Waals surface area contributed by atoms with Gasteiger partial charge in [-0.1, -0.05) is 132 Å². The number of hydrogen-bond donors (Lipinski definition) is 0. The van der Waals surface area contributed by atoms with E-state index in [1.165, 1.54) is 122 Å². The molecule has 0 saturated heterocycles. The number of aryl methyl sites for hydroxylation is 21. The predicted octanol–water partition coefficient (Wildman–Crippen LogP) is 27.3. The average molecular weight is 1920 g/mol. The Bertz CT molecular complexity index is 5760. The molecule has 135 heavy (non-hydrogen) atoms. The maximum absolute atomic E-state index is 12.1. The number of halogens is 2. The lowest BCUT2D eigenvalue weighted by Crippen LogP contribution is -2.11. The number of rotatable bonds is 26. The monoisotopic (exact) mass is 1910 g/mol. The summed E-state index contributed by atoms with van der Waals surface area (Å²) in [6.45, 7) is 45.0. The maximum Gasteiger partial charge on any atom is 0.338 e. The number of methoxy groups -OCH3 is 6. The van der Waals surface area contributed by atoms with Gasteiger partial charge in [-0.25, -0.2) is 28.8 Å². The van der Waals surface area contributed by atoms with Crippen molar-refractivity contribution in [3.63, 3.8) is 0 Å². The van der Waals surface area contributed by atoms with E-state index in [2.05, 4.69) is 161 Å². The Labute approximate surface area is 811 Å². The molecule has 12 aromatic rings. The first-order valence-corrected chi connectivity index (χ1v) is 46.1. The molecule has 20 heteroatoms. The first kappa shape index (κ1) is 107. The summed E-state index contributed by atoms with van der Waals surface area (Å²) in [5.74, 6) is 3.53. The molecule has 13 rings (SSSR count). The third-order valence-corrected chi connectivity index (χ3v) is 25.5. The lowest BCUT2D eigenvalue weighted by atomic mass is 9.98. The van der Waals surface area contributed by atoms with E-state index in [1.807, 2.05) is 134 Å². The van der Waals surface area contributed by atoms with Crippen LogP contribution in [0.5, 0.6) is 34.5 Å². The van der Waals surface area contributed by atoms with E-state index < -0.39 is 5.97 Å². The number of benzene rings is 12. The van der Waals surface area contributed by atoms with E-state index in [1.54, 1.807) is 48.5 Å². The number of ether oxygens (including phenoxy) is 12. The zero-order valence-corrected chi connectivity index (χ0v) is 85.7. The minimum absolute atomic E-state index is 0.216. The highest BCUT2D eigenvalue weighted by atomic mass is 79.9. The predicted molar refractivity (Wildman–Crippen MR) is 540 cm³/mol. The summed E-state index contributed by atoms with van der Waals surface area (Å²) in [4.78, 5) is 71.6. The number of hydrogen-bond acceptors (Lipinski definition) is 18. The lowest BCUT2D eigenvalue weighted by Gasteiger charge is -2.16. The molecule has 0 N–H and O–H groups in total. The molecule has 712 valence electrons. The largest absolute Gasteiger partial charge is 0.489 e. The van der Waals surface area contributed by atoms with E-state index in [0.717, 1.165) is 129 Å². The summed E-state index contributed by atoms with van der Waals surface area (Å²) < 4.78 is 65.9. The van der Waals surface area contributed by atoms with Crippen molar-refractivity contribution in [2.75, 3.05) is 42.7 Å². The molecule has 0 spiro atoms. The number of carbonyl (C=O) groups is 6. The van der Waals surface area contributed by atoms with Gasteiger partial charge in [0.25, 0.3) is 0 Å². The summed E-state index contributed by atoms with van der Waals surface area (Å²) in [6, 6.07) is 58.2. The summed E-state index contributed by atoms with van der Waals surface area (Å²) in [7, 11) is 8.33. The van der Waals surface area contributed by atoms with Crippen molar-refractivity contribution in [3.8, 4) is 34.5 Å². The van der Waals surface area contributed by atoms with Crippen LogP contribution in [0, 0.1) is 138 Å². The summed E-state index contributed by atoms with van der Waals surface area (Å²) in [5, 5.41) is 0.490. The van der Waals surface area contributed by atoms with E-state index >= 15 is 0 Å². The van der Waals surface area contributed by atoms with Crippen LogP contribution in [-0.2, 0) is 74.5 Å². The Morgan fingerprint density at radius 3 is 0.778 bits per heavy atom. The van der Waals surface area contributed by atoms with Crippen LogP contribution in [0.1, 0.15) is 244 Å². The number of carbonyl (C=O) groups excluding carboxylic acids is 6. The molecule has 0 aromatic heterocycles. The Hall–Kier alpha value is -13.0. The lowest BCUT2D eigenvalue weighted by molar-refractivity contribution is 0.0588. The first-order chi connectivity index (χ1) is 64.2. The molecule has 1 aliphatic carbocycles.